The Hall–Kier alpha value is -1.40. The predicted octanol–water partition coefficient (Wildman–Crippen LogP) is 3.63. The van der Waals surface area contributed by atoms with E-state index >= 15 is 0 Å². The Morgan fingerprint density at radius 2 is 2.18 bits per heavy atom. The first-order chi connectivity index (χ1) is 7.94. The fourth-order valence-corrected chi connectivity index (χ4v) is 1.55. The van der Waals surface area contributed by atoms with Gasteiger partial charge in [0.15, 0.2) is 0 Å². The zero-order valence-electron chi connectivity index (χ0n) is 10.2. The van der Waals surface area contributed by atoms with E-state index in [0.717, 1.165) is 12.8 Å². The van der Waals surface area contributed by atoms with Gasteiger partial charge in [0, 0.05) is 11.1 Å². The van der Waals surface area contributed by atoms with E-state index in [-0.39, 0.29) is 5.41 Å². The lowest BCUT2D eigenvalue weighted by atomic mass is 9.90. The van der Waals surface area contributed by atoms with Gasteiger partial charge in [-0.25, -0.2) is 0 Å². The fraction of sp³-hybridized carbons (Fsp3) is 0.462. The van der Waals surface area contributed by atoms with Gasteiger partial charge in [-0.3, -0.25) is 0 Å². The van der Waals surface area contributed by atoms with Gasteiger partial charge < -0.3 is 10.5 Å². The molecular weight excluding hydrogens is 236 g/mol. The van der Waals surface area contributed by atoms with Crippen LogP contribution in [0, 0.1) is 16.7 Å². The van der Waals surface area contributed by atoms with E-state index in [1.807, 2.05) is 13.8 Å². The van der Waals surface area contributed by atoms with Crippen LogP contribution in [0.1, 0.15) is 26.7 Å². The molecule has 0 heterocycles. The summed E-state index contributed by atoms with van der Waals surface area (Å²) in [6, 6.07) is 7.40. The average molecular weight is 253 g/mol. The molecule has 2 N–H and O–H groups in total. The first-order valence-corrected chi connectivity index (χ1v) is 5.91. The third kappa shape index (κ3) is 4.54. The van der Waals surface area contributed by atoms with Crippen LogP contribution in [0.5, 0.6) is 5.75 Å². The Labute approximate surface area is 107 Å². The van der Waals surface area contributed by atoms with Gasteiger partial charge in [0.2, 0.25) is 0 Å². The van der Waals surface area contributed by atoms with Crippen LogP contribution < -0.4 is 10.5 Å². The van der Waals surface area contributed by atoms with Gasteiger partial charge in [-0.15, -0.1) is 0 Å². The van der Waals surface area contributed by atoms with Crippen LogP contribution in [0.15, 0.2) is 18.2 Å². The number of ether oxygens (including phenoxy) is 1. The van der Waals surface area contributed by atoms with Crippen LogP contribution in [0.3, 0.4) is 0 Å². The molecule has 92 valence electrons. The van der Waals surface area contributed by atoms with Crippen LogP contribution in [-0.4, -0.2) is 6.61 Å². The number of nitrogen functional groups attached to an aromatic ring is 1. The second-order valence-electron chi connectivity index (χ2n) is 4.63. The van der Waals surface area contributed by atoms with Gasteiger partial charge in [0.25, 0.3) is 0 Å². The monoisotopic (exact) mass is 252 g/mol. The molecule has 1 rings (SSSR count). The third-order valence-corrected chi connectivity index (χ3v) is 2.72. The molecule has 0 atom stereocenters. The quantitative estimate of drug-likeness (QED) is 0.643. The number of benzene rings is 1. The van der Waals surface area contributed by atoms with Crippen molar-refractivity contribution in [2.45, 2.75) is 26.7 Å². The molecule has 0 bridgehead atoms. The van der Waals surface area contributed by atoms with Crippen molar-refractivity contribution < 1.29 is 4.74 Å². The van der Waals surface area contributed by atoms with E-state index in [4.69, 9.17) is 27.3 Å². The highest BCUT2D eigenvalue weighted by atomic mass is 35.5. The first kappa shape index (κ1) is 13.7. The van der Waals surface area contributed by atoms with Crippen LogP contribution in [0.2, 0.25) is 5.02 Å². The zero-order chi connectivity index (χ0) is 12.9. The largest absolute Gasteiger partial charge is 0.491 e. The lowest BCUT2D eigenvalue weighted by Gasteiger charge is -2.15. The smallest absolute Gasteiger partial charge is 0.143 e. The molecule has 0 unspecified atom stereocenters. The summed E-state index contributed by atoms with van der Waals surface area (Å²) in [5, 5.41) is 9.47. The van der Waals surface area contributed by atoms with E-state index in [1.54, 1.807) is 18.2 Å². The summed E-state index contributed by atoms with van der Waals surface area (Å²) in [5.74, 6) is 0.604. The van der Waals surface area contributed by atoms with Crippen molar-refractivity contribution in [3.05, 3.63) is 23.2 Å². The first-order valence-electron chi connectivity index (χ1n) is 5.54. The van der Waals surface area contributed by atoms with Gasteiger partial charge in [-0.05, 0) is 38.8 Å². The highest BCUT2D eigenvalue weighted by molar-refractivity contribution is 6.30. The van der Waals surface area contributed by atoms with Crippen LogP contribution in [0.25, 0.3) is 0 Å². The number of hydrogen-bond donors (Lipinski definition) is 1. The molecule has 0 amide bonds. The Morgan fingerprint density at radius 1 is 1.47 bits per heavy atom. The molecule has 1 aromatic carbocycles. The highest BCUT2D eigenvalue weighted by Gasteiger charge is 2.15. The SMILES string of the molecule is CC(C)(C#N)CCCOc1cc(Cl)ccc1N. The molecule has 0 saturated carbocycles. The number of nitrogens with zero attached hydrogens (tertiary/aromatic N) is 1. The number of nitrogens with two attached hydrogens (primary N) is 1. The summed E-state index contributed by atoms with van der Waals surface area (Å²) >= 11 is 5.85. The maximum atomic E-state index is 8.86. The number of anilines is 1. The van der Waals surface area contributed by atoms with E-state index in [2.05, 4.69) is 6.07 Å². The molecule has 0 aliphatic heterocycles. The summed E-state index contributed by atoms with van der Waals surface area (Å²) in [5.41, 5.74) is 6.02. The lowest BCUT2D eigenvalue weighted by molar-refractivity contribution is 0.285. The molecule has 0 aromatic heterocycles. The van der Waals surface area contributed by atoms with Gasteiger partial charge in [0.1, 0.15) is 5.75 Å². The topological polar surface area (TPSA) is 59.0 Å². The zero-order valence-corrected chi connectivity index (χ0v) is 10.9. The Kier molecular flexibility index (Phi) is 4.65. The lowest BCUT2D eigenvalue weighted by Crippen LogP contribution is -2.10. The van der Waals surface area contributed by atoms with Crippen LogP contribution in [0.4, 0.5) is 5.69 Å². The fourth-order valence-electron chi connectivity index (χ4n) is 1.39. The van der Waals surface area contributed by atoms with Crippen LogP contribution >= 0.6 is 11.6 Å². The summed E-state index contributed by atoms with van der Waals surface area (Å²) in [6.07, 6.45) is 1.61. The van der Waals surface area contributed by atoms with Gasteiger partial charge in [0.05, 0.1) is 23.8 Å². The van der Waals surface area contributed by atoms with Crippen molar-refractivity contribution in [3.63, 3.8) is 0 Å². The minimum absolute atomic E-state index is 0.302. The molecule has 0 spiro atoms. The summed E-state index contributed by atoms with van der Waals surface area (Å²) in [6.45, 7) is 4.37. The van der Waals surface area contributed by atoms with Crippen molar-refractivity contribution in [1.29, 1.82) is 5.26 Å². The van der Waals surface area contributed by atoms with Crippen molar-refractivity contribution >= 4 is 17.3 Å². The molecule has 0 fully saturated rings. The van der Waals surface area contributed by atoms with E-state index in [9.17, 15) is 0 Å². The standard InChI is InChI=1S/C13H17ClN2O/c1-13(2,9-15)6-3-7-17-12-8-10(14)4-5-11(12)16/h4-5,8H,3,6-7,16H2,1-2H3. The molecule has 0 aliphatic rings. The third-order valence-electron chi connectivity index (χ3n) is 2.48. The Balaban J connectivity index is 2.42. The normalized spacial score (nSPS) is 10.9. The average Bonchev–Trinajstić information content (AvgIpc) is 2.29. The number of hydrogen-bond acceptors (Lipinski definition) is 3. The maximum absolute atomic E-state index is 8.86. The number of nitriles is 1. The van der Waals surface area contributed by atoms with Crippen molar-refractivity contribution in [2.75, 3.05) is 12.3 Å². The molecule has 0 aliphatic carbocycles. The van der Waals surface area contributed by atoms with Crippen molar-refractivity contribution in [2.24, 2.45) is 5.41 Å². The van der Waals surface area contributed by atoms with Gasteiger partial charge in [-0.2, -0.15) is 5.26 Å². The van der Waals surface area contributed by atoms with Gasteiger partial charge >= 0.3 is 0 Å². The molecule has 4 heteroatoms. The Bertz CT molecular complexity index is 424. The van der Waals surface area contributed by atoms with Gasteiger partial charge in [-0.1, -0.05) is 11.6 Å². The van der Waals surface area contributed by atoms with E-state index in [1.165, 1.54) is 0 Å². The molecule has 1 aromatic rings. The maximum Gasteiger partial charge on any atom is 0.143 e. The summed E-state index contributed by atoms with van der Waals surface area (Å²) in [7, 11) is 0. The summed E-state index contributed by atoms with van der Waals surface area (Å²) < 4.78 is 5.54. The molecular formula is C13H17ClN2O. The molecule has 3 nitrogen and oxygen atoms in total. The van der Waals surface area contributed by atoms with E-state index < -0.39 is 0 Å². The predicted molar refractivity (Wildman–Crippen MR) is 70.0 cm³/mol. The van der Waals surface area contributed by atoms with Crippen molar-refractivity contribution in [3.8, 4) is 11.8 Å². The van der Waals surface area contributed by atoms with Crippen molar-refractivity contribution in [1.82, 2.24) is 0 Å². The second kappa shape index (κ2) is 5.79. The molecule has 17 heavy (non-hydrogen) atoms. The highest BCUT2D eigenvalue weighted by Crippen LogP contribution is 2.26. The minimum Gasteiger partial charge on any atom is -0.491 e. The molecule has 0 saturated heterocycles. The second-order valence-corrected chi connectivity index (χ2v) is 5.07. The van der Waals surface area contributed by atoms with Crippen LogP contribution in [-0.2, 0) is 0 Å². The number of halogens is 1. The van der Waals surface area contributed by atoms with E-state index in [0.29, 0.717) is 23.1 Å². The Morgan fingerprint density at radius 3 is 2.82 bits per heavy atom. The molecule has 0 radical (unpaired) electrons. The minimum atomic E-state index is -0.302. The summed E-state index contributed by atoms with van der Waals surface area (Å²) in [4.78, 5) is 0. The number of rotatable bonds is 5.